The second kappa shape index (κ2) is 7.68. The van der Waals surface area contributed by atoms with Crippen LogP contribution in [0.25, 0.3) is 0 Å². The summed E-state index contributed by atoms with van der Waals surface area (Å²) in [5.41, 5.74) is 1.13. The second-order valence-corrected chi connectivity index (χ2v) is 7.89. The van der Waals surface area contributed by atoms with Crippen LogP contribution in [0.4, 0.5) is 0 Å². The summed E-state index contributed by atoms with van der Waals surface area (Å²) in [4.78, 5) is 18.2. The third kappa shape index (κ3) is 3.71. The van der Waals surface area contributed by atoms with E-state index in [2.05, 4.69) is 22.4 Å². The molecule has 5 nitrogen and oxygen atoms in total. The molecule has 0 N–H and O–H groups in total. The van der Waals surface area contributed by atoms with Crippen LogP contribution in [0, 0.1) is 0 Å². The molecule has 1 aromatic heterocycles. The number of rotatable bonds is 5. The molecule has 1 unspecified atom stereocenters. The molecular weight excluding hydrogens is 348 g/mol. The molecule has 26 heavy (non-hydrogen) atoms. The van der Waals surface area contributed by atoms with Crippen LogP contribution in [-0.2, 0) is 11.3 Å². The van der Waals surface area contributed by atoms with Crippen LogP contribution in [-0.4, -0.2) is 49.1 Å². The van der Waals surface area contributed by atoms with Gasteiger partial charge in [0.05, 0.1) is 12.6 Å². The van der Waals surface area contributed by atoms with Crippen molar-refractivity contribution in [3.05, 3.63) is 46.2 Å². The van der Waals surface area contributed by atoms with Crippen LogP contribution in [0.5, 0.6) is 11.5 Å². The number of benzene rings is 1. The van der Waals surface area contributed by atoms with E-state index in [1.165, 1.54) is 4.88 Å². The fourth-order valence-electron chi connectivity index (χ4n) is 3.72. The van der Waals surface area contributed by atoms with E-state index < -0.39 is 0 Å². The van der Waals surface area contributed by atoms with Crippen LogP contribution in [0.15, 0.2) is 35.7 Å². The zero-order chi connectivity index (χ0) is 17.9. The molecule has 138 valence electrons. The minimum Gasteiger partial charge on any atom is -0.486 e. The number of carbonyl (C=O) groups excluding carboxylic acids is 1. The Morgan fingerprint density at radius 1 is 1.27 bits per heavy atom. The number of amides is 1. The molecule has 4 rings (SSSR count). The monoisotopic (exact) mass is 372 g/mol. The van der Waals surface area contributed by atoms with Gasteiger partial charge < -0.3 is 14.4 Å². The zero-order valence-electron chi connectivity index (χ0n) is 15.0. The van der Waals surface area contributed by atoms with E-state index in [1.807, 2.05) is 30.1 Å². The molecule has 2 aliphatic rings. The van der Waals surface area contributed by atoms with Gasteiger partial charge in [0, 0.05) is 18.0 Å². The Hall–Kier alpha value is -2.05. The highest BCUT2D eigenvalue weighted by atomic mass is 32.1. The first kappa shape index (κ1) is 17.4. The second-order valence-electron chi connectivity index (χ2n) is 6.91. The van der Waals surface area contributed by atoms with E-state index >= 15 is 0 Å². The molecule has 0 bridgehead atoms. The highest BCUT2D eigenvalue weighted by molar-refractivity contribution is 7.10. The first-order valence-corrected chi connectivity index (χ1v) is 9.98. The van der Waals surface area contributed by atoms with Gasteiger partial charge in [-0.05, 0) is 49.0 Å². The van der Waals surface area contributed by atoms with Crippen LogP contribution >= 0.6 is 11.3 Å². The highest BCUT2D eigenvalue weighted by Gasteiger charge is 2.30. The van der Waals surface area contributed by atoms with Gasteiger partial charge in [-0.25, -0.2) is 0 Å². The lowest BCUT2D eigenvalue weighted by atomic mass is 10.1. The number of fused-ring (bicyclic) bond motifs is 1. The van der Waals surface area contributed by atoms with E-state index in [9.17, 15) is 4.79 Å². The van der Waals surface area contributed by atoms with E-state index in [0.29, 0.717) is 26.3 Å². The summed E-state index contributed by atoms with van der Waals surface area (Å²) >= 11 is 1.74. The molecule has 3 heterocycles. The summed E-state index contributed by atoms with van der Waals surface area (Å²) < 4.78 is 11.2. The summed E-state index contributed by atoms with van der Waals surface area (Å²) in [7, 11) is 1.99. The third-order valence-corrected chi connectivity index (χ3v) is 5.88. The average Bonchev–Trinajstić information content (AvgIpc) is 3.32. The lowest BCUT2D eigenvalue weighted by Crippen LogP contribution is -2.38. The normalized spacial score (nSPS) is 19.2. The fraction of sp³-hybridized carbons (Fsp3) is 0.450. The van der Waals surface area contributed by atoms with Crippen molar-refractivity contribution in [3.63, 3.8) is 0 Å². The number of thiophene rings is 1. The maximum atomic E-state index is 12.8. The van der Waals surface area contributed by atoms with Crippen molar-refractivity contribution in [3.8, 4) is 11.5 Å². The van der Waals surface area contributed by atoms with Crippen LogP contribution in [0.2, 0.25) is 0 Å². The number of likely N-dealkylation sites (N-methyl/N-ethyl adjacent to an activating group) is 1. The lowest BCUT2D eigenvalue weighted by molar-refractivity contribution is -0.133. The van der Waals surface area contributed by atoms with E-state index in [4.69, 9.17) is 9.47 Å². The van der Waals surface area contributed by atoms with Gasteiger partial charge in [0.15, 0.2) is 11.5 Å². The van der Waals surface area contributed by atoms with Gasteiger partial charge >= 0.3 is 0 Å². The highest BCUT2D eigenvalue weighted by Crippen LogP contribution is 2.34. The van der Waals surface area contributed by atoms with Gasteiger partial charge in [-0.2, -0.15) is 0 Å². The maximum absolute atomic E-state index is 12.8. The van der Waals surface area contributed by atoms with Gasteiger partial charge in [-0.3, -0.25) is 9.69 Å². The minimum absolute atomic E-state index is 0.209. The van der Waals surface area contributed by atoms with Gasteiger partial charge in [-0.1, -0.05) is 12.1 Å². The molecule has 1 atom stereocenters. The molecule has 1 fully saturated rings. The van der Waals surface area contributed by atoms with Crippen molar-refractivity contribution in [1.82, 2.24) is 9.80 Å². The molecule has 0 saturated carbocycles. The summed E-state index contributed by atoms with van der Waals surface area (Å²) in [6.45, 7) is 3.18. The Labute approximate surface area is 158 Å². The molecule has 2 aliphatic heterocycles. The SMILES string of the molecule is CN(CC(=O)N1CCCC1c1cccs1)Cc1ccc2c(c1)OCCO2. The summed E-state index contributed by atoms with van der Waals surface area (Å²) in [6, 6.07) is 10.5. The van der Waals surface area contributed by atoms with Crippen molar-refractivity contribution in [1.29, 1.82) is 0 Å². The molecule has 0 radical (unpaired) electrons. The smallest absolute Gasteiger partial charge is 0.237 e. The summed E-state index contributed by atoms with van der Waals surface area (Å²) in [6.07, 6.45) is 2.15. The first-order chi connectivity index (χ1) is 12.7. The van der Waals surface area contributed by atoms with Crippen molar-refractivity contribution < 1.29 is 14.3 Å². The number of likely N-dealkylation sites (tertiary alicyclic amines) is 1. The van der Waals surface area contributed by atoms with Crippen molar-refractivity contribution in [2.75, 3.05) is 33.4 Å². The third-order valence-electron chi connectivity index (χ3n) is 4.91. The summed E-state index contributed by atoms with van der Waals surface area (Å²) in [5.74, 6) is 1.81. The quantitative estimate of drug-likeness (QED) is 0.808. The van der Waals surface area contributed by atoms with Crippen LogP contribution in [0.3, 0.4) is 0 Å². The number of nitrogens with zero attached hydrogens (tertiary/aromatic N) is 2. The number of hydrogen-bond donors (Lipinski definition) is 0. The van der Waals surface area contributed by atoms with Gasteiger partial charge in [0.1, 0.15) is 13.2 Å². The molecular formula is C20H24N2O3S. The Morgan fingerprint density at radius 3 is 2.92 bits per heavy atom. The maximum Gasteiger partial charge on any atom is 0.237 e. The fourth-order valence-corrected chi connectivity index (χ4v) is 4.59. The molecule has 0 spiro atoms. The van der Waals surface area contributed by atoms with Crippen LogP contribution in [0.1, 0.15) is 29.3 Å². The van der Waals surface area contributed by atoms with Crippen molar-refractivity contribution in [2.24, 2.45) is 0 Å². The number of hydrogen-bond acceptors (Lipinski definition) is 5. The largest absolute Gasteiger partial charge is 0.486 e. The lowest BCUT2D eigenvalue weighted by Gasteiger charge is -2.27. The van der Waals surface area contributed by atoms with E-state index in [0.717, 1.165) is 36.4 Å². The number of ether oxygens (including phenoxy) is 2. The molecule has 0 aliphatic carbocycles. The molecule has 6 heteroatoms. The van der Waals surface area contributed by atoms with Gasteiger partial charge in [-0.15, -0.1) is 11.3 Å². The molecule has 1 amide bonds. The van der Waals surface area contributed by atoms with Gasteiger partial charge in [0.25, 0.3) is 0 Å². The summed E-state index contributed by atoms with van der Waals surface area (Å²) in [5, 5.41) is 2.09. The minimum atomic E-state index is 0.209. The standard InChI is InChI=1S/C20H24N2O3S/c1-21(13-15-6-7-17-18(12-15)25-10-9-24-17)14-20(23)22-8-2-4-16(22)19-5-3-11-26-19/h3,5-7,11-12,16H,2,4,8-10,13-14H2,1H3. The Bertz CT molecular complexity index is 762. The average molecular weight is 372 g/mol. The van der Waals surface area contributed by atoms with E-state index in [-0.39, 0.29) is 11.9 Å². The Morgan fingerprint density at radius 2 is 2.12 bits per heavy atom. The number of carbonyl (C=O) groups is 1. The van der Waals surface area contributed by atoms with Crippen LogP contribution < -0.4 is 9.47 Å². The van der Waals surface area contributed by atoms with E-state index in [1.54, 1.807) is 11.3 Å². The van der Waals surface area contributed by atoms with Gasteiger partial charge in [0.2, 0.25) is 5.91 Å². The predicted molar refractivity (Wildman–Crippen MR) is 102 cm³/mol. The predicted octanol–water partition coefficient (Wildman–Crippen LogP) is 3.31. The molecule has 2 aromatic rings. The molecule has 1 saturated heterocycles. The Kier molecular flexibility index (Phi) is 5.13. The van der Waals surface area contributed by atoms with Crippen molar-refractivity contribution >= 4 is 17.2 Å². The van der Waals surface area contributed by atoms with Crippen molar-refractivity contribution in [2.45, 2.75) is 25.4 Å². The Balaban J connectivity index is 1.37. The molecule has 1 aromatic carbocycles. The topological polar surface area (TPSA) is 42.0 Å². The zero-order valence-corrected chi connectivity index (χ0v) is 15.8. The first-order valence-electron chi connectivity index (χ1n) is 9.10.